The van der Waals surface area contributed by atoms with Gasteiger partial charge in [-0.1, -0.05) is 64.4 Å². The van der Waals surface area contributed by atoms with Crippen molar-refractivity contribution in [3.63, 3.8) is 0 Å². The summed E-state index contributed by atoms with van der Waals surface area (Å²) in [5, 5.41) is 11.7. The first-order valence-corrected chi connectivity index (χ1v) is 13.8. The van der Waals surface area contributed by atoms with Crippen LogP contribution in [0.3, 0.4) is 0 Å². The van der Waals surface area contributed by atoms with Gasteiger partial charge in [0, 0.05) is 16.8 Å². The van der Waals surface area contributed by atoms with Gasteiger partial charge in [0.1, 0.15) is 17.3 Å². The van der Waals surface area contributed by atoms with E-state index in [0.717, 1.165) is 16.9 Å². The first-order chi connectivity index (χ1) is 18.9. The molecule has 4 rings (SSSR count). The third kappa shape index (κ3) is 5.91. The highest BCUT2D eigenvalue weighted by atomic mass is 16.5. The van der Waals surface area contributed by atoms with Gasteiger partial charge in [-0.15, -0.1) is 0 Å². The summed E-state index contributed by atoms with van der Waals surface area (Å²) in [6, 6.07) is 19.4. The summed E-state index contributed by atoms with van der Waals surface area (Å²) in [5.41, 5.74) is 3.43. The van der Waals surface area contributed by atoms with E-state index in [9.17, 15) is 14.7 Å². The lowest BCUT2D eigenvalue weighted by Gasteiger charge is -2.26. The predicted molar refractivity (Wildman–Crippen MR) is 159 cm³/mol. The SMILES string of the molecule is CCOc1ccc(/C(O)=C2/C(=O)C(=O)N(c3ccc(C)cc3)C2c2ccc(OCC(C)C)cc2)cc1C(C)(C)C. The lowest BCUT2D eigenvalue weighted by atomic mass is 9.84. The zero-order valence-corrected chi connectivity index (χ0v) is 24.4. The third-order valence-corrected chi connectivity index (χ3v) is 6.90. The van der Waals surface area contributed by atoms with E-state index in [4.69, 9.17) is 9.47 Å². The van der Waals surface area contributed by atoms with Crippen LogP contribution in [0, 0.1) is 12.8 Å². The fourth-order valence-corrected chi connectivity index (χ4v) is 4.83. The molecule has 3 aromatic rings. The molecular formula is C34H39NO5. The highest BCUT2D eigenvalue weighted by molar-refractivity contribution is 6.51. The van der Waals surface area contributed by atoms with Gasteiger partial charge in [-0.2, -0.15) is 0 Å². The number of carbonyl (C=O) groups excluding carboxylic acids is 2. The first kappa shape index (κ1) is 28.9. The van der Waals surface area contributed by atoms with Crippen molar-refractivity contribution >= 4 is 23.1 Å². The second kappa shape index (κ2) is 11.6. The summed E-state index contributed by atoms with van der Waals surface area (Å²) < 4.78 is 11.7. The minimum absolute atomic E-state index is 0.0467. The standard InChI is InChI=1S/C34H39NO5/c1-8-39-28-18-13-24(19-27(28)34(5,6)7)31(36)29-30(23-11-16-26(17-12-23)40-20-21(2)3)35(33(38)32(29)37)25-14-9-22(4)10-15-25/h9-19,21,30,36H,8,20H2,1-7H3/b31-29-. The predicted octanol–water partition coefficient (Wildman–Crippen LogP) is 7.35. The third-order valence-electron chi connectivity index (χ3n) is 6.90. The summed E-state index contributed by atoms with van der Waals surface area (Å²) in [7, 11) is 0. The Morgan fingerprint density at radius 3 is 2.17 bits per heavy atom. The monoisotopic (exact) mass is 541 g/mol. The number of aliphatic hydroxyl groups excluding tert-OH is 1. The van der Waals surface area contributed by atoms with E-state index in [1.165, 1.54) is 4.90 Å². The largest absolute Gasteiger partial charge is 0.507 e. The minimum Gasteiger partial charge on any atom is -0.507 e. The highest BCUT2D eigenvalue weighted by Gasteiger charge is 2.47. The highest BCUT2D eigenvalue weighted by Crippen LogP contribution is 2.43. The Morgan fingerprint density at radius 2 is 1.60 bits per heavy atom. The normalized spacial score (nSPS) is 17.0. The van der Waals surface area contributed by atoms with E-state index in [1.54, 1.807) is 6.07 Å². The van der Waals surface area contributed by atoms with Crippen LogP contribution in [0.15, 0.2) is 72.3 Å². The van der Waals surface area contributed by atoms with Crippen LogP contribution in [0.4, 0.5) is 5.69 Å². The molecule has 1 amide bonds. The van der Waals surface area contributed by atoms with Gasteiger partial charge in [0.2, 0.25) is 0 Å². The maximum absolute atomic E-state index is 13.6. The molecule has 6 heteroatoms. The molecule has 40 heavy (non-hydrogen) atoms. The molecule has 1 aliphatic rings. The molecule has 1 heterocycles. The Bertz CT molecular complexity index is 1410. The first-order valence-electron chi connectivity index (χ1n) is 13.8. The van der Waals surface area contributed by atoms with Crippen molar-refractivity contribution in [3.05, 3.63) is 94.6 Å². The molecule has 1 aliphatic heterocycles. The molecule has 0 aliphatic carbocycles. The molecule has 1 saturated heterocycles. The Hall–Kier alpha value is -4.06. The Labute approximate surface area is 237 Å². The number of nitrogens with zero attached hydrogens (tertiary/aromatic N) is 1. The number of hydrogen-bond donors (Lipinski definition) is 1. The lowest BCUT2D eigenvalue weighted by Crippen LogP contribution is -2.29. The number of Topliss-reactive ketones (excluding diaryl/α,β-unsaturated/α-hetero) is 1. The average molecular weight is 542 g/mol. The molecule has 210 valence electrons. The van der Waals surface area contributed by atoms with Crippen molar-refractivity contribution in [1.29, 1.82) is 0 Å². The van der Waals surface area contributed by atoms with Crippen molar-refractivity contribution < 1.29 is 24.2 Å². The van der Waals surface area contributed by atoms with Crippen molar-refractivity contribution in [2.75, 3.05) is 18.1 Å². The molecule has 0 spiro atoms. The number of ketones is 1. The van der Waals surface area contributed by atoms with Gasteiger partial charge in [-0.05, 0) is 73.2 Å². The van der Waals surface area contributed by atoms with E-state index in [-0.39, 0.29) is 16.7 Å². The quantitative estimate of drug-likeness (QED) is 0.183. The molecule has 0 saturated carbocycles. The Balaban J connectivity index is 1.88. The molecule has 3 aromatic carbocycles. The van der Waals surface area contributed by atoms with Crippen LogP contribution >= 0.6 is 0 Å². The second-order valence-corrected chi connectivity index (χ2v) is 11.7. The molecule has 0 aromatic heterocycles. The number of carbonyl (C=O) groups is 2. The summed E-state index contributed by atoms with van der Waals surface area (Å²) in [6.07, 6.45) is 0. The Morgan fingerprint density at radius 1 is 0.950 bits per heavy atom. The van der Waals surface area contributed by atoms with Gasteiger partial charge in [-0.25, -0.2) is 0 Å². The van der Waals surface area contributed by atoms with Crippen LogP contribution < -0.4 is 14.4 Å². The molecular weight excluding hydrogens is 502 g/mol. The van der Waals surface area contributed by atoms with Gasteiger partial charge in [-0.3, -0.25) is 14.5 Å². The summed E-state index contributed by atoms with van der Waals surface area (Å²) in [6.45, 7) is 15.3. The maximum Gasteiger partial charge on any atom is 0.300 e. The molecule has 1 N–H and O–H groups in total. The van der Waals surface area contributed by atoms with Crippen LogP contribution in [0.2, 0.25) is 0 Å². The fourth-order valence-electron chi connectivity index (χ4n) is 4.83. The van der Waals surface area contributed by atoms with Crippen molar-refractivity contribution in [1.82, 2.24) is 0 Å². The number of amides is 1. The van der Waals surface area contributed by atoms with Crippen LogP contribution in [0.25, 0.3) is 5.76 Å². The number of anilines is 1. The van der Waals surface area contributed by atoms with Gasteiger partial charge < -0.3 is 14.6 Å². The number of aliphatic hydroxyl groups is 1. The van der Waals surface area contributed by atoms with Crippen molar-refractivity contribution in [2.24, 2.45) is 5.92 Å². The molecule has 0 bridgehead atoms. The number of ether oxygens (including phenoxy) is 2. The maximum atomic E-state index is 13.6. The van der Waals surface area contributed by atoms with Crippen molar-refractivity contribution in [2.45, 2.75) is 59.9 Å². The van der Waals surface area contributed by atoms with E-state index in [1.807, 2.05) is 74.5 Å². The van der Waals surface area contributed by atoms with Gasteiger partial charge in [0.05, 0.1) is 24.8 Å². The number of aryl methyl sites for hydroxylation is 1. The van der Waals surface area contributed by atoms with Crippen LogP contribution in [0.1, 0.15) is 69.8 Å². The molecule has 1 fully saturated rings. The summed E-state index contributed by atoms with van der Waals surface area (Å²) in [4.78, 5) is 28.6. The van der Waals surface area contributed by atoms with Gasteiger partial charge in [0.15, 0.2) is 0 Å². The zero-order valence-electron chi connectivity index (χ0n) is 24.4. The zero-order chi connectivity index (χ0) is 29.2. The van der Waals surface area contributed by atoms with Crippen molar-refractivity contribution in [3.8, 4) is 11.5 Å². The van der Waals surface area contributed by atoms with Gasteiger partial charge >= 0.3 is 0 Å². The molecule has 0 radical (unpaired) electrons. The summed E-state index contributed by atoms with van der Waals surface area (Å²) in [5.74, 6) is 0.171. The van der Waals surface area contributed by atoms with E-state index < -0.39 is 17.7 Å². The van der Waals surface area contributed by atoms with Gasteiger partial charge in [0.25, 0.3) is 11.7 Å². The van der Waals surface area contributed by atoms with E-state index in [0.29, 0.717) is 41.7 Å². The molecule has 1 unspecified atom stereocenters. The second-order valence-electron chi connectivity index (χ2n) is 11.7. The van der Waals surface area contributed by atoms with E-state index >= 15 is 0 Å². The number of benzene rings is 3. The van der Waals surface area contributed by atoms with Crippen LogP contribution in [0.5, 0.6) is 11.5 Å². The van der Waals surface area contributed by atoms with Crippen LogP contribution in [-0.4, -0.2) is 30.0 Å². The topological polar surface area (TPSA) is 76.1 Å². The minimum atomic E-state index is -0.813. The number of hydrogen-bond acceptors (Lipinski definition) is 5. The summed E-state index contributed by atoms with van der Waals surface area (Å²) >= 11 is 0. The lowest BCUT2D eigenvalue weighted by molar-refractivity contribution is -0.132. The van der Waals surface area contributed by atoms with Crippen LogP contribution in [-0.2, 0) is 15.0 Å². The fraction of sp³-hybridized carbons (Fsp3) is 0.353. The smallest absolute Gasteiger partial charge is 0.300 e. The molecule has 6 nitrogen and oxygen atoms in total. The number of rotatable bonds is 8. The Kier molecular flexibility index (Phi) is 8.38. The van der Waals surface area contributed by atoms with E-state index in [2.05, 4.69) is 34.6 Å². The molecule has 1 atom stereocenters. The average Bonchev–Trinajstić information content (AvgIpc) is 3.17.